The molecular weight excluding hydrogens is 729 g/mol. The molecule has 0 saturated carbocycles. The van der Waals surface area contributed by atoms with Gasteiger partial charge in [0.25, 0.3) is 7.82 Å². The number of carbonyl (C=O) groups is 2. The predicted molar refractivity (Wildman–Crippen MR) is 228 cm³/mol. The molecule has 0 rings (SSSR count). The number of unbranched alkanes of at least 4 members (excludes halogenated alkanes) is 16. The Morgan fingerprint density at radius 2 is 1.20 bits per heavy atom. The molecule has 1 unspecified atom stereocenters. The summed E-state index contributed by atoms with van der Waals surface area (Å²) in [5, 5.41) is 9.90. The van der Waals surface area contributed by atoms with Gasteiger partial charge in [0.1, 0.15) is 19.8 Å². The van der Waals surface area contributed by atoms with Gasteiger partial charge in [0.15, 0.2) is 6.10 Å². The number of rotatable bonds is 39. The second-order valence-corrected chi connectivity index (χ2v) is 17.3. The highest BCUT2D eigenvalue weighted by atomic mass is 31.2. The monoisotopic (exact) mass is 812 g/mol. The van der Waals surface area contributed by atoms with Gasteiger partial charge in [-0.1, -0.05) is 165 Å². The van der Waals surface area contributed by atoms with Crippen molar-refractivity contribution >= 4 is 19.8 Å². The summed E-state index contributed by atoms with van der Waals surface area (Å²) in [7, 11) is 1.11. The molecule has 0 spiro atoms. The molecule has 0 saturated heterocycles. The normalized spacial score (nSPS) is 14.6. The maximum Gasteiger partial charge on any atom is 0.306 e. The van der Waals surface area contributed by atoms with Crippen LogP contribution in [0.25, 0.3) is 0 Å². The number of hydrogen-bond acceptors (Lipinski definition) is 9. The van der Waals surface area contributed by atoms with Gasteiger partial charge in [-0.2, -0.15) is 0 Å². The molecule has 10 nitrogen and oxygen atoms in total. The molecule has 11 heteroatoms. The molecule has 1 N–H and O–H groups in total. The second-order valence-electron chi connectivity index (χ2n) is 15.9. The molecule has 56 heavy (non-hydrogen) atoms. The van der Waals surface area contributed by atoms with Crippen LogP contribution in [0, 0.1) is 0 Å². The SMILES string of the molecule is CCCCCCCCCCCCCCCCC(=O)O[C@H](COC(=O)CCC/C=C\C/C=C\C/C=C\C=C\[C@H](O)CCCCC)COP(=O)([O-])OCC[N+](C)(C)C. The highest BCUT2D eigenvalue weighted by Crippen LogP contribution is 2.38. The Bertz CT molecular complexity index is 1120. The molecule has 0 aromatic heterocycles. The van der Waals surface area contributed by atoms with Gasteiger partial charge in [0.2, 0.25) is 0 Å². The number of likely N-dealkylation sites (N-methyl/N-ethyl adjacent to an activating group) is 1. The highest BCUT2D eigenvalue weighted by molar-refractivity contribution is 7.45. The van der Waals surface area contributed by atoms with Crippen LogP contribution in [-0.4, -0.2) is 81.2 Å². The summed E-state index contributed by atoms with van der Waals surface area (Å²) < 4.78 is 33.8. The van der Waals surface area contributed by atoms with E-state index in [0.717, 1.165) is 57.8 Å². The molecule has 0 radical (unpaired) electrons. The summed E-state index contributed by atoms with van der Waals surface area (Å²) >= 11 is 0. The van der Waals surface area contributed by atoms with Crippen LogP contribution in [-0.2, 0) is 32.7 Å². The van der Waals surface area contributed by atoms with E-state index >= 15 is 0 Å². The predicted octanol–water partition coefficient (Wildman–Crippen LogP) is 10.6. The summed E-state index contributed by atoms with van der Waals surface area (Å²) in [5.74, 6) is -0.926. The van der Waals surface area contributed by atoms with Crippen LogP contribution in [0.1, 0.15) is 168 Å². The van der Waals surface area contributed by atoms with E-state index in [2.05, 4.69) is 26.0 Å². The Balaban J connectivity index is 4.49. The third kappa shape index (κ3) is 40.1. The summed E-state index contributed by atoms with van der Waals surface area (Å²) in [6.45, 7) is 4.02. The first-order chi connectivity index (χ1) is 26.9. The number of aliphatic hydroxyl groups excluding tert-OH is 1. The Hall–Kier alpha value is -2.07. The van der Waals surface area contributed by atoms with Crippen LogP contribution in [0.2, 0.25) is 0 Å². The fraction of sp³-hybridized carbons (Fsp3) is 0.778. The summed E-state index contributed by atoms with van der Waals surface area (Å²) in [4.78, 5) is 37.5. The molecule has 0 aliphatic carbocycles. The number of hydrogen-bond donors (Lipinski definition) is 1. The number of quaternary nitrogens is 1. The Morgan fingerprint density at radius 3 is 1.80 bits per heavy atom. The molecule has 0 heterocycles. The van der Waals surface area contributed by atoms with Crippen molar-refractivity contribution in [3.05, 3.63) is 48.6 Å². The lowest BCUT2D eigenvalue weighted by Gasteiger charge is -2.28. The van der Waals surface area contributed by atoms with Gasteiger partial charge in [0, 0.05) is 12.8 Å². The van der Waals surface area contributed by atoms with Crippen molar-refractivity contribution < 1.29 is 47.2 Å². The Morgan fingerprint density at radius 1 is 0.661 bits per heavy atom. The number of carbonyl (C=O) groups excluding carboxylic acids is 2. The first-order valence-corrected chi connectivity index (χ1v) is 23.4. The van der Waals surface area contributed by atoms with Crippen molar-refractivity contribution in [2.75, 3.05) is 47.5 Å². The maximum absolute atomic E-state index is 12.7. The lowest BCUT2D eigenvalue weighted by molar-refractivity contribution is -0.870. The van der Waals surface area contributed by atoms with Gasteiger partial charge in [0.05, 0.1) is 33.9 Å². The molecule has 0 aliphatic rings. The van der Waals surface area contributed by atoms with Gasteiger partial charge in [-0.25, -0.2) is 0 Å². The molecule has 0 aliphatic heterocycles. The second kappa shape index (κ2) is 37.2. The van der Waals surface area contributed by atoms with E-state index in [0.29, 0.717) is 30.3 Å². The van der Waals surface area contributed by atoms with Crippen LogP contribution < -0.4 is 4.89 Å². The Labute approximate surface area is 342 Å². The van der Waals surface area contributed by atoms with Crippen LogP contribution in [0.15, 0.2) is 48.6 Å². The number of allylic oxidation sites excluding steroid dienone is 7. The third-order valence-electron chi connectivity index (χ3n) is 9.21. The maximum atomic E-state index is 12.7. The van der Waals surface area contributed by atoms with Crippen molar-refractivity contribution in [3.63, 3.8) is 0 Å². The highest BCUT2D eigenvalue weighted by Gasteiger charge is 2.21. The summed E-state index contributed by atoms with van der Waals surface area (Å²) in [6, 6.07) is 0. The van der Waals surface area contributed by atoms with Crippen LogP contribution >= 0.6 is 7.82 Å². The van der Waals surface area contributed by atoms with Crippen LogP contribution in [0.3, 0.4) is 0 Å². The lowest BCUT2D eigenvalue weighted by Crippen LogP contribution is -2.37. The molecular formula is C45H82NO9P. The molecule has 3 atom stereocenters. The summed E-state index contributed by atoms with van der Waals surface area (Å²) in [6.07, 6.45) is 38.9. The topological polar surface area (TPSA) is 131 Å². The number of phosphoric ester groups is 1. The van der Waals surface area contributed by atoms with Crippen molar-refractivity contribution in [1.29, 1.82) is 0 Å². The van der Waals surface area contributed by atoms with Gasteiger partial charge in [-0.15, -0.1) is 0 Å². The van der Waals surface area contributed by atoms with Crippen molar-refractivity contribution in [2.24, 2.45) is 0 Å². The minimum Gasteiger partial charge on any atom is -0.756 e. The van der Waals surface area contributed by atoms with Gasteiger partial charge >= 0.3 is 11.9 Å². The zero-order valence-corrected chi connectivity index (χ0v) is 37.1. The number of nitrogens with zero attached hydrogens (tertiary/aromatic N) is 1. The Kier molecular flexibility index (Phi) is 35.8. The van der Waals surface area contributed by atoms with E-state index in [1.165, 1.54) is 64.2 Å². The average Bonchev–Trinajstić information content (AvgIpc) is 3.14. The molecule has 0 bridgehead atoms. The average molecular weight is 812 g/mol. The van der Waals surface area contributed by atoms with Gasteiger partial charge in [-0.05, 0) is 38.5 Å². The summed E-state index contributed by atoms with van der Waals surface area (Å²) in [5.41, 5.74) is 0. The molecule has 0 aromatic rings. The van der Waals surface area contributed by atoms with Gasteiger partial charge in [-0.3, -0.25) is 14.2 Å². The standard InChI is InChI=1S/C45H82NO9P/c1-6-8-10-11-12-13-14-15-16-19-23-26-29-33-37-45(49)55-43(41-54-56(50,51)53-39-38-46(3,4)5)40-52-44(48)36-32-28-25-22-20-17-18-21-24-27-31-35-42(47)34-30-9-7-2/h17-18,22,24-25,27,31,35,42-43,47H,6-16,19-21,23,26,28-30,32-34,36-41H2,1-5H3/b18-17-,25-22-,27-24-,35-31+/t42-,43-/m1/s1. The zero-order chi connectivity index (χ0) is 41.6. The van der Waals surface area contributed by atoms with E-state index < -0.39 is 32.5 Å². The van der Waals surface area contributed by atoms with Crippen molar-refractivity contribution in [1.82, 2.24) is 0 Å². The van der Waals surface area contributed by atoms with Crippen LogP contribution in [0.4, 0.5) is 0 Å². The van der Waals surface area contributed by atoms with Crippen molar-refractivity contribution in [2.45, 2.75) is 180 Å². The van der Waals surface area contributed by atoms with E-state index in [-0.39, 0.29) is 32.2 Å². The first-order valence-electron chi connectivity index (χ1n) is 22.0. The largest absolute Gasteiger partial charge is 0.756 e. The minimum absolute atomic E-state index is 0.0471. The quantitative estimate of drug-likeness (QED) is 0.0161. The zero-order valence-electron chi connectivity index (χ0n) is 36.2. The van der Waals surface area contributed by atoms with E-state index in [1.807, 2.05) is 57.6 Å². The van der Waals surface area contributed by atoms with E-state index in [4.69, 9.17) is 18.5 Å². The fourth-order valence-corrected chi connectivity index (χ4v) is 6.43. The number of aliphatic hydroxyl groups is 1. The molecule has 326 valence electrons. The molecule has 0 amide bonds. The fourth-order valence-electron chi connectivity index (χ4n) is 5.70. The first kappa shape index (κ1) is 53.9. The molecule has 0 fully saturated rings. The smallest absolute Gasteiger partial charge is 0.306 e. The minimum atomic E-state index is -4.64. The van der Waals surface area contributed by atoms with E-state index in [1.54, 1.807) is 0 Å². The number of phosphoric acid groups is 1. The molecule has 0 aromatic carbocycles. The number of ether oxygens (including phenoxy) is 2. The van der Waals surface area contributed by atoms with E-state index in [9.17, 15) is 24.2 Å². The lowest BCUT2D eigenvalue weighted by atomic mass is 10.0. The van der Waals surface area contributed by atoms with Crippen LogP contribution in [0.5, 0.6) is 0 Å². The van der Waals surface area contributed by atoms with Gasteiger partial charge < -0.3 is 33.0 Å². The number of esters is 2. The van der Waals surface area contributed by atoms with Crippen molar-refractivity contribution in [3.8, 4) is 0 Å². The third-order valence-corrected chi connectivity index (χ3v) is 10.2.